The number of nitrogens with one attached hydrogen (secondary N) is 2. The molecule has 0 saturated heterocycles. The lowest BCUT2D eigenvalue weighted by Crippen LogP contribution is -2.54. The highest BCUT2D eigenvalue weighted by molar-refractivity contribution is 7.91. The van der Waals surface area contributed by atoms with E-state index in [1.807, 2.05) is 4.72 Å². The molecule has 0 heterocycles. The van der Waals surface area contributed by atoms with Gasteiger partial charge < -0.3 is 15.2 Å². The number of methoxy groups -OCH3 is 1. The highest BCUT2D eigenvalue weighted by Crippen LogP contribution is 2.47. The first-order valence-electron chi connectivity index (χ1n) is 6.42. The van der Waals surface area contributed by atoms with Crippen molar-refractivity contribution in [2.75, 3.05) is 13.7 Å². The summed E-state index contributed by atoms with van der Waals surface area (Å²) in [7, 11) is -2.52. The van der Waals surface area contributed by atoms with Gasteiger partial charge in [-0.05, 0) is 19.3 Å². The average Bonchev–Trinajstić information content (AvgIpc) is 3.24. The number of rotatable bonds is 7. The van der Waals surface area contributed by atoms with Crippen molar-refractivity contribution in [1.82, 2.24) is 10.0 Å². The van der Waals surface area contributed by atoms with E-state index in [0.717, 1.165) is 0 Å². The summed E-state index contributed by atoms with van der Waals surface area (Å²) in [6.45, 7) is 3.51. The highest BCUT2D eigenvalue weighted by Gasteiger charge is 2.63. The van der Waals surface area contributed by atoms with E-state index in [1.54, 1.807) is 0 Å². The maximum atomic E-state index is 12.3. The summed E-state index contributed by atoms with van der Waals surface area (Å²) in [4.78, 5) is 23.0. The normalized spacial score (nSPS) is 29.3. The molecule has 0 unspecified atom stereocenters. The molecule has 2 rings (SSSR count). The molecule has 2 aliphatic rings. The molecule has 0 aromatic heterocycles. The van der Waals surface area contributed by atoms with E-state index in [0.29, 0.717) is 12.8 Å². The second kappa shape index (κ2) is 4.99. The van der Waals surface area contributed by atoms with Gasteiger partial charge in [-0.1, -0.05) is 6.08 Å². The minimum absolute atomic E-state index is 0.000140. The van der Waals surface area contributed by atoms with Gasteiger partial charge in [0.15, 0.2) is 0 Å². The summed E-state index contributed by atoms with van der Waals surface area (Å²) in [5.74, 6) is -1.28. The molecule has 0 bridgehead atoms. The molecule has 118 valence electrons. The lowest BCUT2D eigenvalue weighted by atomic mass is 10.2. The molecule has 0 radical (unpaired) electrons. The van der Waals surface area contributed by atoms with Crippen molar-refractivity contribution >= 4 is 22.0 Å². The van der Waals surface area contributed by atoms with Crippen LogP contribution in [-0.4, -0.2) is 49.5 Å². The minimum atomic E-state index is -3.91. The van der Waals surface area contributed by atoms with Crippen LogP contribution in [0.25, 0.3) is 0 Å². The standard InChI is InChI=1S/C12H18N2O6S/c1-3-8-6-12(8,13-10(16)17)9(15)14-21(18,19)11(4-5-11)7-20-2/h3,8,13H,1,4-7H2,2H3,(H,14,15)(H,16,17)/t8-,12-/m1/s1. The maximum Gasteiger partial charge on any atom is 0.405 e. The van der Waals surface area contributed by atoms with Crippen molar-refractivity contribution in [3.05, 3.63) is 12.7 Å². The number of hydrogen-bond acceptors (Lipinski definition) is 5. The fourth-order valence-electron chi connectivity index (χ4n) is 2.44. The molecular formula is C12H18N2O6S. The second-order valence-electron chi connectivity index (χ2n) is 5.50. The van der Waals surface area contributed by atoms with Crippen molar-refractivity contribution in [2.45, 2.75) is 29.5 Å². The van der Waals surface area contributed by atoms with E-state index in [2.05, 4.69) is 11.9 Å². The quantitative estimate of drug-likeness (QED) is 0.560. The topological polar surface area (TPSA) is 122 Å². The summed E-state index contributed by atoms with van der Waals surface area (Å²) in [5, 5.41) is 10.9. The Bertz CT molecular complexity index is 583. The third kappa shape index (κ3) is 2.62. The molecule has 2 amide bonds. The Hall–Kier alpha value is -1.61. The fourth-order valence-corrected chi connectivity index (χ4v) is 3.99. The van der Waals surface area contributed by atoms with Gasteiger partial charge in [0.25, 0.3) is 5.91 Å². The molecule has 0 aromatic carbocycles. The van der Waals surface area contributed by atoms with Crippen molar-refractivity contribution in [3.63, 3.8) is 0 Å². The van der Waals surface area contributed by atoms with Crippen LogP contribution in [0.15, 0.2) is 12.7 Å². The number of sulfonamides is 1. The monoisotopic (exact) mass is 318 g/mol. The van der Waals surface area contributed by atoms with Gasteiger partial charge in [-0.25, -0.2) is 13.2 Å². The van der Waals surface area contributed by atoms with Gasteiger partial charge in [0.05, 0.1) is 6.61 Å². The number of carbonyl (C=O) groups excluding carboxylic acids is 1. The Kier molecular flexibility index (Phi) is 3.75. The predicted molar refractivity (Wildman–Crippen MR) is 73.1 cm³/mol. The largest absolute Gasteiger partial charge is 0.465 e. The molecular weight excluding hydrogens is 300 g/mol. The SMILES string of the molecule is C=C[C@@H]1C[C@]1(NC(=O)O)C(=O)NS(=O)(=O)C1(COC)CC1. The zero-order valence-electron chi connectivity index (χ0n) is 11.6. The molecule has 8 nitrogen and oxygen atoms in total. The average molecular weight is 318 g/mol. The number of carbonyl (C=O) groups is 2. The van der Waals surface area contributed by atoms with E-state index in [9.17, 15) is 18.0 Å². The van der Waals surface area contributed by atoms with E-state index < -0.39 is 38.2 Å². The molecule has 2 fully saturated rings. The van der Waals surface area contributed by atoms with E-state index in [1.165, 1.54) is 13.2 Å². The van der Waals surface area contributed by atoms with Gasteiger partial charge in [0.1, 0.15) is 10.3 Å². The summed E-state index contributed by atoms with van der Waals surface area (Å²) >= 11 is 0. The van der Waals surface area contributed by atoms with Crippen LogP contribution in [0.5, 0.6) is 0 Å². The minimum Gasteiger partial charge on any atom is -0.465 e. The van der Waals surface area contributed by atoms with Crippen molar-refractivity contribution in [1.29, 1.82) is 0 Å². The smallest absolute Gasteiger partial charge is 0.405 e. The first-order valence-corrected chi connectivity index (χ1v) is 7.91. The Morgan fingerprint density at radius 3 is 2.48 bits per heavy atom. The summed E-state index contributed by atoms with van der Waals surface area (Å²) in [5.41, 5.74) is -1.44. The first kappa shape index (κ1) is 15.8. The highest BCUT2D eigenvalue weighted by atomic mass is 32.2. The molecule has 9 heteroatoms. The Balaban J connectivity index is 2.14. The first-order chi connectivity index (χ1) is 9.73. The number of carboxylic acid groups (broad SMARTS) is 1. The predicted octanol–water partition coefficient (Wildman–Crippen LogP) is -0.176. The molecule has 21 heavy (non-hydrogen) atoms. The number of hydrogen-bond donors (Lipinski definition) is 3. The number of ether oxygens (including phenoxy) is 1. The van der Waals surface area contributed by atoms with Gasteiger partial charge >= 0.3 is 6.09 Å². The fraction of sp³-hybridized carbons (Fsp3) is 0.667. The van der Waals surface area contributed by atoms with E-state index in [-0.39, 0.29) is 13.0 Å². The van der Waals surface area contributed by atoms with Gasteiger partial charge in [0, 0.05) is 13.0 Å². The molecule has 3 N–H and O–H groups in total. The van der Waals surface area contributed by atoms with Crippen molar-refractivity contribution < 1.29 is 27.9 Å². The van der Waals surface area contributed by atoms with Crippen molar-refractivity contribution in [2.24, 2.45) is 5.92 Å². The lowest BCUT2D eigenvalue weighted by Gasteiger charge is -2.20. The zero-order chi connectivity index (χ0) is 15.9. The van der Waals surface area contributed by atoms with Crippen LogP contribution in [0, 0.1) is 5.92 Å². The zero-order valence-corrected chi connectivity index (χ0v) is 12.4. The molecule has 0 aliphatic heterocycles. The van der Waals surface area contributed by atoms with Gasteiger partial charge in [-0.2, -0.15) is 0 Å². The van der Waals surface area contributed by atoms with Gasteiger partial charge in [-0.3, -0.25) is 9.52 Å². The third-order valence-corrected chi connectivity index (χ3v) is 6.17. The molecule has 0 spiro atoms. The Morgan fingerprint density at radius 1 is 1.48 bits per heavy atom. The second-order valence-corrected chi connectivity index (χ2v) is 7.58. The van der Waals surface area contributed by atoms with Crippen LogP contribution < -0.4 is 10.0 Å². The van der Waals surface area contributed by atoms with E-state index >= 15 is 0 Å². The molecule has 2 atom stereocenters. The van der Waals surface area contributed by atoms with Crippen LogP contribution >= 0.6 is 0 Å². The Labute approximate surface area is 122 Å². The number of amides is 2. The molecule has 0 aromatic rings. The molecule has 2 aliphatic carbocycles. The van der Waals surface area contributed by atoms with Crippen LogP contribution in [0.2, 0.25) is 0 Å². The summed E-state index contributed by atoms with van der Waals surface area (Å²) < 4.78 is 30.3. The van der Waals surface area contributed by atoms with Gasteiger partial charge in [-0.15, -0.1) is 6.58 Å². The van der Waals surface area contributed by atoms with Crippen molar-refractivity contribution in [3.8, 4) is 0 Å². The van der Waals surface area contributed by atoms with E-state index in [4.69, 9.17) is 9.84 Å². The third-order valence-electron chi connectivity index (χ3n) is 4.05. The summed E-state index contributed by atoms with van der Waals surface area (Å²) in [6.07, 6.45) is 1.07. The van der Waals surface area contributed by atoms with Crippen LogP contribution in [0.3, 0.4) is 0 Å². The lowest BCUT2D eigenvalue weighted by molar-refractivity contribution is -0.122. The Morgan fingerprint density at radius 2 is 2.10 bits per heavy atom. The summed E-state index contributed by atoms with van der Waals surface area (Å²) in [6, 6.07) is 0. The van der Waals surface area contributed by atoms with Crippen LogP contribution in [0.1, 0.15) is 19.3 Å². The maximum absolute atomic E-state index is 12.3. The molecule has 2 saturated carbocycles. The van der Waals surface area contributed by atoms with Crippen LogP contribution in [-0.2, 0) is 19.6 Å². The van der Waals surface area contributed by atoms with Gasteiger partial charge in [0.2, 0.25) is 10.0 Å². The van der Waals surface area contributed by atoms with Crippen LogP contribution in [0.4, 0.5) is 4.79 Å².